The van der Waals surface area contributed by atoms with Crippen LogP contribution >= 0.6 is 0 Å². The number of morpholine rings is 1. The third-order valence-corrected chi connectivity index (χ3v) is 3.41. The van der Waals surface area contributed by atoms with E-state index in [9.17, 15) is 4.39 Å². The van der Waals surface area contributed by atoms with Crippen molar-refractivity contribution in [2.45, 2.75) is 6.61 Å². The number of rotatable bonds is 3. The molecule has 6 heteroatoms. The van der Waals surface area contributed by atoms with Crippen molar-refractivity contribution in [3.63, 3.8) is 0 Å². The predicted molar refractivity (Wildman–Crippen MR) is 76.4 cm³/mol. The van der Waals surface area contributed by atoms with E-state index in [0.717, 1.165) is 18.7 Å². The highest BCUT2D eigenvalue weighted by molar-refractivity contribution is 5.63. The Morgan fingerprint density at radius 2 is 1.81 bits per heavy atom. The second-order valence-corrected chi connectivity index (χ2v) is 4.88. The smallest absolute Gasteiger partial charge is 0.225 e. The van der Waals surface area contributed by atoms with Gasteiger partial charge in [-0.3, -0.25) is 0 Å². The molecule has 0 aliphatic carbocycles. The van der Waals surface area contributed by atoms with Crippen LogP contribution in [0.25, 0.3) is 11.1 Å². The second-order valence-electron chi connectivity index (χ2n) is 4.88. The molecule has 2 heterocycles. The molecule has 21 heavy (non-hydrogen) atoms. The summed E-state index contributed by atoms with van der Waals surface area (Å²) < 4.78 is 18.8. The third-order valence-electron chi connectivity index (χ3n) is 3.41. The first-order valence-corrected chi connectivity index (χ1v) is 6.82. The van der Waals surface area contributed by atoms with Gasteiger partial charge in [-0.05, 0) is 29.3 Å². The molecular weight excluding hydrogens is 273 g/mol. The Bertz CT molecular complexity index is 613. The standard InChI is InChI=1S/C15H16FN3O2/c16-14-6-11(10-20)5-12(7-14)13-8-17-15(18-9-13)19-1-3-21-4-2-19/h5-9,20H,1-4,10H2. The molecule has 0 saturated carbocycles. The van der Waals surface area contributed by atoms with Crippen LogP contribution < -0.4 is 4.90 Å². The molecule has 0 radical (unpaired) electrons. The van der Waals surface area contributed by atoms with Crippen LogP contribution in [0.4, 0.5) is 10.3 Å². The molecule has 2 aromatic rings. The van der Waals surface area contributed by atoms with Crippen LogP contribution in [-0.2, 0) is 11.3 Å². The van der Waals surface area contributed by atoms with Crippen LogP contribution in [0.15, 0.2) is 30.6 Å². The summed E-state index contributed by atoms with van der Waals surface area (Å²) in [5.74, 6) is 0.273. The largest absolute Gasteiger partial charge is 0.392 e. The number of hydrogen-bond donors (Lipinski definition) is 1. The molecule has 1 aliphatic heterocycles. The van der Waals surface area contributed by atoms with Crippen molar-refractivity contribution >= 4 is 5.95 Å². The molecule has 3 rings (SSSR count). The third kappa shape index (κ3) is 3.17. The molecule has 0 bridgehead atoms. The van der Waals surface area contributed by atoms with Gasteiger partial charge >= 0.3 is 0 Å². The van der Waals surface area contributed by atoms with Crippen LogP contribution in [0, 0.1) is 5.82 Å². The van der Waals surface area contributed by atoms with Crippen molar-refractivity contribution in [2.75, 3.05) is 31.2 Å². The first kappa shape index (κ1) is 13.9. The van der Waals surface area contributed by atoms with Crippen molar-refractivity contribution in [2.24, 2.45) is 0 Å². The monoisotopic (exact) mass is 289 g/mol. The Morgan fingerprint density at radius 3 is 2.48 bits per heavy atom. The molecular formula is C15H16FN3O2. The Labute approximate surface area is 122 Å². The molecule has 0 atom stereocenters. The van der Waals surface area contributed by atoms with Gasteiger partial charge in [0.1, 0.15) is 5.82 Å². The summed E-state index contributed by atoms with van der Waals surface area (Å²) in [4.78, 5) is 10.7. The number of anilines is 1. The summed E-state index contributed by atoms with van der Waals surface area (Å²) in [6.07, 6.45) is 3.35. The summed E-state index contributed by atoms with van der Waals surface area (Å²) in [7, 11) is 0. The van der Waals surface area contributed by atoms with E-state index in [1.807, 2.05) is 0 Å². The summed E-state index contributed by atoms with van der Waals surface area (Å²) >= 11 is 0. The molecule has 1 fully saturated rings. The molecule has 1 N–H and O–H groups in total. The zero-order chi connectivity index (χ0) is 14.7. The predicted octanol–water partition coefficient (Wildman–Crippen LogP) is 1.61. The van der Waals surface area contributed by atoms with E-state index in [2.05, 4.69) is 14.9 Å². The van der Waals surface area contributed by atoms with Gasteiger partial charge < -0.3 is 14.7 Å². The van der Waals surface area contributed by atoms with Crippen molar-refractivity contribution in [1.29, 1.82) is 0 Å². The highest BCUT2D eigenvalue weighted by atomic mass is 19.1. The van der Waals surface area contributed by atoms with Gasteiger partial charge in [0, 0.05) is 31.0 Å². The van der Waals surface area contributed by atoms with Crippen molar-refractivity contribution < 1.29 is 14.2 Å². The van der Waals surface area contributed by atoms with Crippen LogP contribution in [-0.4, -0.2) is 41.4 Å². The number of aliphatic hydroxyl groups excluding tert-OH is 1. The fourth-order valence-corrected chi connectivity index (χ4v) is 2.31. The van der Waals surface area contributed by atoms with Gasteiger partial charge in [-0.25, -0.2) is 14.4 Å². The SMILES string of the molecule is OCc1cc(F)cc(-c2cnc(N3CCOCC3)nc2)c1. The summed E-state index contributed by atoms with van der Waals surface area (Å²) in [6.45, 7) is 2.70. The molecule has 1 aromatic heterocycles. The first-order chi connectivity index (χ1) is 10.3. The number of nitrogens with zero attached hydrogens (tertiary/aromatic N) is 3. The molecule has 1 aliphatic rings. The summed E-state index contributed by atoms with van der Waals surface area (Å²) in [5, 5.41) is 9.13. The Kier molecular flexibility index (Phi) is 4.08. The Balaban J connectivity index is 1.85. The number of aromatic nitrogens is 2. The fraction of sp³-hybridized carbons (Fsp3) is 0.333. The van der Waals surface area contributed by atoms with Gasteiger partial charge in [0.15, 0.2) is 0 Å². The van der Waals surface area contributed by atoms with E-state index in [-0.39, 0.29) is 12.4 Å². The number of hydrogen-bond acceptors (Lipinski definition) is 5. The minimum absolute atomic E-state index is 0.197. The van der Waals surface area contributed by atoms with Crippen LogP contribution in [0.2, 0.25) is 0 Å². The Hall–Kier alpha value is -2.05. The van der Waals surface area contributed by atoms with Crippen molar-refractivity contribution in [1.82, 2.24) is 9.97 Å². The lowest BCUT2D eigenvalue weighted by atomic mass is 10.1. The van der Waals surface area contributed by atoms with E-state index in [0.29, 0.717) is 30.3 Å². The lowest BCUT2D eigenvalue weighted by molar-refractivity contribution is 0.122. The van der Waals surface area contributed by atoms with Gasteiger partial charge in [0.2, 0.25) is 5.95 Å². The van der Waals surface area contributed by atoms with Crippen LogP contribution in [0.1, 0.15) is 5.56 Å². The first-order valence-electron chi connectivity index (χ1n) is 6.82. The average Bonchev–Trinajstić information content (AvgIpc) is 2.55. The van der Waals surface area contributed by atoms with Gasteiger partial charge in [-0.15, -0.1) is 0 Å². The van der Waals surface area contributed by atoms with Gasteiger partial charge in [-0.2, -0.15) is 0 Å². The molecule has 0 spiro atoms. The maximum atomic E-state index is 13.5. The summed E-state index contributed by atoms with van der Waals surface area (Å²) in [5.41, 5.74) is 1.91. The normalized spacial score (nSPS) is 15.2. The zero-order valence-electron chi connectivity index (χ0n) is 11.5. The van der Waals surface area contributed by atoms with Gasteiger partial charge in [0.05, 0.1) is 19.8 Å². The maximum Gasteiger partial charge on any atom is 0.225 e. The number of aliphatic hydroxyl groups is 1. The van der Waals surface area contributed by atoms with Crippen LogP contribution in [0.5, 0.6) is 0 Å². The van der Waals surface area contributed by atoms with E-state index in [4.69, 9.17) is 9.84 Å². The average molecular weight is 289 g/mol. The van der Waals surface area contributed by atoms with Gasteiger partial charge in [-0.1, -0.05) is 0 Å². The lowest BCUT2D eigenvalue weighted by Crippen LogP contribution is -2.37. The van der Waals surface area contributed by atoms with Gasteiger partial charge in [0.25, 0.3) is 0 Å². The highest BCUT2D eigenvalue weighted by Crippen LogP contribution is 2.22. The molecule has 1 aromatic carbocycles. The van der Waals surface area contributed by atoms with E-state index >= 15 is 0 Å². The molecule has 1 saturated heterocycles. The molecule has 5 nitrogen and oxygen atoms in total. The quantitative estimate of drug-likeness (QED) is 0.930. The fourth-order valence-electron chi connectivity index (χ4n) is 2.31. The number of halogens is 1. The number of ether oxygens (including phenoxy) is 1. The maximum absolute atomic E-state index is 13.5. The second kappa shape index (κ2) is 6.15. The van der Waals surface area contributed by atoms with Crippen molar-refractivity contribution in [3.8, 4) is 11.1 Å². The summed E-state index contributed by atoms with van der Waals surface area (Å²) in [6, 6.07) is 4.45. The molecule has 110 valence electrons. The minimum Gasteiger partial charge on any atom is -0.392 e. The molecule has 0 amide bonds. The lowest BCUT2D eigenvalue weighted by Gasteiger charge is -2.26. The van der Waals surface area contributed by atoms with Crippen molar-refractivity contribution in [3.05, 3.63) is 42.0 Å². The minimum atomic E-state index is -0.381. The topological polar surface area (TPSA) is 58.5 Å². The Morgan fingerprint density at radius 1 is 1.10 bits per heavy atom. The zero-order valence-corrected chi connectivity index (χ0v) is 11.5. The van der Waals surface area contributed by atoms with E-state index in [1.165, 1.54) is 12.1 Å². The number of benzene rings is 1. The van der Waals surface area contributed by atoms with E-state index in [1.54, 1.807) is 18.5 Å². The molecule has 0 unspecified atom stereocenters. The van der Waals surface area contributed by atoms with Crippen LogP contribution in [0.3, 0.4) is 0 Å². The highest BCUT2D eigenvalue weighted by Gasteiger charge is 2.13. The van der Waals surface area contributed by atoms with E-state index < -0.39 is 0 Å².